The summed E-state index contributed by atoms with van der Waals surface area (Å²) in [6, 6.07) is 0. The van der Waals surface area contributed by atoms with E-state index in [0.29, 0.717) is 17.8 Å². The third-order valence-corrected chi connectivity index (χ3v) is 4.60. The van der Waals surface area contributed by atoms with Crippen molar-refractivity contribution in [3.63, 3.8) is 0 Å². The van der Waals surface area contributed by atoms with Crippen molar-refractivity contribution < 1.29 is 9.84 Å². The molecule has 3 rings (SSSR count). The average Bonchev–Trinajstić information content (AvgIpc) is 2.73. The van der Waals surface area contributed by atoms with Gasteiger partial charge in [-0.05, 0) is 56.7 Å². The summed E-state index contributed by atoms with van der Waals surface area (Å²) in [5.41, 5.74) is 4.42. The first-order valence-corrected chi connectivity index (χ1v) is 6.60. The van der Waals surface area contributed by atoms with Crippen LogP contribution in [-0.4, -0.2) is 11.2 Å². The number of rotatable bonds is 0. The molecule has 0 spiro atoms. The van der Waals surface area contributed by atoms with Gasteiger partial charge in [-0.3, -0.25) is 0 Å². The molecule has 0 saturated heterocycles. The minimum absolute atomic E-state index is 0.359. The van der Waals surface area contributed by atoms with E-state index in [0.717, 1.165) is 28.9 Å². The molecule has 1 aliphatic heterocycles. The zero-order valence-electron chi connectivity index (χ0n) is 10.8. The van der Waals surface area contributed by atoms with Crippen LogP contribution in [-0.2, 0) is 0 Å². The van der Waals surface area contributed by atoms with Gasteiger partial charge in [0.05, 0.1) is 0 Å². The molecule has 92 valence electrons. The lowest BCUT2D eigenvalue weighted by Crippen LogP contribution is -2.22. The minimum Gasteiger partial charge on any atom is -0.507 e. The molecule has 0 radical (unpaired) electrons. The van der Waals surface area contributed by atoms with Crippen LogP contribution >= 0.6 is 0 Å². The number of phenols is 1. The van der Waals surface area contributed by atoms with E-state index in [1.165, 1.54) is 24.8 Å². The first-order valence-electron chi connectivity index (χ1n) is 6.60. The summed E-state index contributed by atoms with van der Waals surface area (Å²) in [6.45, 7) is 6.06. The highest BCUT2D eigenvalue weighted by Gasteiger charge is 2.39. The normalized spacial score (nSPS) is 26.3. The maximum absolute atomic E-state index is 10.2. The van der Waals surface area contributed by atoms with E-state index >= 15 is 0 Å². The maximum atomic E-state index is 10.2. The highest BCUT2D eigenvalue weighted by atomic mass is 16.5. The van der Waals surface area contributed by atoms with Crippen molar-refractivity contribution in [1.82, 2.24) is 0 Å². The molecule has 0 unspecified atom stereocenters. The largest absolute Gasteiger partial charge is 0.507 e. The Morgan fingerprint density at radius 3 is 2.47 bits per heavy atom. The molecule has 2 atom stereocenters. The Balaban J connectivity index is 2.19. The van der Waals surface area contributed by atoms with Gasteiger partial charge in [0.1, 0.15) is 17.6 Å². The second-order valence-electron chi connectivity index (χ2n) is 5.51. The molecular formula is C15H20O2. The molecule has 1 heterocycles. The third-order valence-electron chi connectivity index (χ3n) is 4.60. The van der Waals surface area contributed by atoms with Gasteiger partial charge >= 0.3 is 0 Å². The molecule has 0 amide bonds. The summed E-state index contributed by atoms with van der Waals surface area (Å²) in [7, 11) is 0. The molecule has 17 heavy (non-hydrogen) atoms. The Bertz CT molecular complexity index is 477. The van der Waals surface area contributed by atoms with E-state index in [1.807, 2.05) is 13.8 Å². The summed E-state index contributed by atoms with van der Waals surface area (Å²) in [5, 5.41) is 10.2. The van der Waals surface area contributed by atoms with Crippen molar-refractivity contribution >= 4 is 0 Å². The molecule has 1 N–H and O–H groups in total. The van der Waals surface area contributed by atoms with E-state index in [1.54, 1.807) is 0 Å². The van der Waals surface area contributed by atoms with Gasteiger partial charge in [-0.15, -0.1) is 0 Å². The van der Waals surface area contributed by atoms with Gasteiger partial charge in [0.15, 0.2) is 0 Å². The fourth-order valence-corrected chi connectivity index (χ4v) is 3.45. The quantitative estimate of drug-likeness (QED) is 0.738. The summed E-state index contributed by atoms with van der Waals surface area (Å²) in [6.07, 6.45) is 5.30. The number of hydrogen-bond donors (Lipinski definition) is 1. The lowest BCUT2D eigenvalue weighted by molar-refractivity contribution is 0.163. The molecule has 1 aliphatic carbocycles. The molecule has 0 bridgehead atoms. The topological polar surface area (TPSA) is 29.5 Å². The molecular weight excluding hydrogens is 212 g/mol. The van der Waals surface area contributed by atoms with Crippen LogP contribution in [0.3, 0.4) is 0 Å². The molecule has 1 aromatic carbocycles. The summed E-state index contributed by atoms with van der Waals surface area (Å²) in [4.78, 5) is 0. The lowest BCUT2D eigenvalue weighted by Gasteiger charge is -2.24. The van der Waals surface area contributed by atoms with Crippen LogP contribution in [0.4, 0.5) is 0 Å². The Morgan fingerprint density at radius 2 is 1.71 bits per heavy atom. The first-order chi connectivity index (χ1) is 8.11. The van der Waals surface area contributed by atoms with Crippen LogP contribution in [0.25, 0.3) is 0 Å². The van der Waals surface area contributed by atoms with E-state index < -0.39 is 0 Å². The van der Waals surface area contributed by atoms with E-state index in [-0.39, 0.29) is 0 Å². The van der Waals surface area contributed by atoms with E-state index in [9.17, 15) is 5.11 Å². The number of aromatic hydroxyl groups is 1. The number of hydrogen-bond acceptors (Lipinski definition) is 2. The van der Waals surface area contributed by atoms with Crippen LogP contribution in [0.15, 0.2) is 0 Å². The molecule has 1 aromatic rings. The second kappa shape index (κ2) is 3.66. The average molecular weight is 232 g/mol. The molecule has 0 aromatic heterocycles. The van der Waals surface area contributed by atoms with Crippen molar-refractivity contribution in [3.05, 3.63) is 22.3 Å². The van der Waals surface area contributed by atoms with Gasteiger partial charge in [0.2, 0.25) is 0 Å². The molecule has 2 heteroatoms. The Kier molecular flexibility index (Phi) is 2.35. The van der Waals surface area contributed by atoms with Crippen molar-refractivity contribution in [2.45, 2.75) is 58.5 Å². The molecule has 2 nitrogen and oxygen atoms in total. The Labute approximate surface area is 103 Å². The zero-order valence-corrected chi connectivity index (χ0v) is 10.8. The SMILES string of the molecule is Cc1c(C)c2c(c(C)c1O)[C@H]1CCCC[C@@H]1O2. The van der Waals surface area contributed by atoms with Gasteiger partial charge in [-0.25, -0.2) is 0 Å². The predicted octanol–water partition coefficient (Wildman–Crippen LogP) is 3.74. The number of benzene rings is 1. The number of phenolic OH excluding ortho intramolecular Hbond substituents is 1. The van der Waals surface area contributed by atoms with Crippen molar-refractivity contribution in [3.8, 4) is 11.5 Å². The van der Waals surface area contributed by atoms with Crippen LogP contribution in [0.2, 0.25) is 0 Å². The summed E-state index contributed by atoms with van der Waals surface area (Å²) >= 11 is 0. The van der Waals surface area contributed by atoms with Gasteiger partial charge in [-0.1, -0.05) is 6.42 Å². The molecule has 1 saturated carbocycles. The van der Waals surface area contributed by atoms with Gasteiger partial charge in [0, 0.05) is 11.5 Å². The number of fused-ring (bicyclic) bond motifs is 3. The van der Waals surface area contributed by atoms with Gasteiger partial charge < -0.3 is 9.84 Å². The molecule has 2 aliphatic rings. The predicted molar refractivity (Wildman–Crippen MR) is 67.9 cm³/mol. The Hall–Kier alpha value is -1.18. The third kappa shape index (κ3) is 1.39. The fraction of sp³-hybridized carbons (Fsp3) is 0.600. The highest BCUT2D eigenvalue weighted by molar-refractivity contribution is 5.60. The highest BCUT2D eigenvalue weighted by Crippen LogP contribution is 2.51. The standard InChI is InChI=1S/C15H20O2/c1-8-9(2)15-13(10(3)14(8)16)11-6-4-5-7-12(11)17-15/h11-12,16H,4-7H2,1-3H3/t11-,12-/m0/s1. The lowest BCUT2D eigenvalue weighted by atomic mass is 9.80. The zero-order chi connectivity index (χ0) is 12.2. The summed E-state index contributed by atoms with van der Waals surface area (Å²) < 4.78 is 6.15. The van der Waals surface area contributed by atoms with E-state index in [4.69, 9.17) is 4.74 Å². The minimum atomic E-state index is 0.359. The Morgan fingerprint density at radius 1 is 1.00 bits per heavy atom. The van der Waals surface area contributed by atoms with Crippen molar-refractivity contribution in [1.29, 1.82) is 0 Å². The van der Waals surface area contributed by atoms with E-state index in [2.05, 4.69) is 6.92 Å². The van der Waals surface area contributed by atoms with Crippen LogP contribution < -0.4 is 4.74 Å². The van der Waals surface area contributed by atoms with Crippen LogP contribution in [0.5, 0.6) is 11.5 Å². The van der Waals surface area contributed by atoms with Crippen molar-refractivity contribution in [2.75, 3.05) is 0 Å². The number of ether oxygens (including phenoxy) is 1. The smallest absolute Gasteiger partial charge is 0.127 e. The second-order valence-corrected chi connectivity index (χ2v) is 5.51. The first kappa shape index (κ1) is 10.9. The van der Waals surface area contributed by atoms with Crippen molar-refractivity contribution in [2.24, 2.45) is 0 Å². The maximum Gasteiger partial charge on any atom is 0.127 e. The van der Waals surface area contributed by atoms with Gasteiger partial charge in [0.25, 0.3) is 0 Å². The molecule has 1 fully saturated rings. The monoisotopic (exact) mass is 232 g/mol. The van der Waals surface area contributed by atoms with Crippen LogP contribution in [0, 0.1) is 20.8 Å². The van der Waals surface area contributed by atoms with Crippen LogP contribution in [0.1, 0.15) is 53.9 Å². The summed E-state index contributed by atoms with van der Waals surface area (Å²) in [5.74, 6) is 2.05. The van der Waals surface area contributed by atoms with Gasteiger partial charge in [-0.2, -0.15) is 0 Å². The fourth-order valence-electron chi connectivity index (χ4n) is 3.45.